The molecule has 1 atom stereocenters. The van der Waals surface area contributed by atoms with Crippen molar-refractivity contribution < 1.29 is 9.53 Å². The first kappa shape index (κ1) is 12.3. The fourth-order valence-electron chi connectivity index (χ4n) is 1.71. The van der Waals surface area contributed by atoms with Gasteiger partial charge in [0.05, 0.1) is 0 Å². The van der Waals surface area contributed by atoms with Gasteiger partial charge < -0.3 is 15.0 Å². The van der Waals surface area contributed by atoms with Gasteiger partial charge in [0.25, 0.3) is 0 Å². The molecule has 88 valence electrons. The predicted molar refractivity (Wildman–Crippen MR) is 59.9 cm³/mol. The second kappa shape index (κ2) is 4.84. The molecule has 0 unspecified atom stereocenters. The van der Waals surface area contributed by atoms with E-state index in [2.05, 4.69) is 12.2 Å². The summed E-state index contributed by atoms with van der Waals surface area (Å²) in [4.78, 5) is 13.5. The minimum Gasteiger partial charge on any atom is -0.444 e. The fourth-order valence-corrected chi connectivity index (χ4v) is 1.71. The average molecular weight is 214 g/mol. The number of carbonyl (C=O) groups is 1. The van der Waals surface area contributed by atoms with Crippen LogP contribution in [0, 0.1) is 0 Å². The summed E-state index contributed by atoms with van der Waals surface area (Å²) in [6.07, 6.45) is 0.829. The molecule has 0 saturated carbocycles. The molecule has 1 saturated heterocycles. The van der Waals surface area contributed by atoms with E-state index in [4.69, 9.17) is 4.74 Å². The van der Waals surface area contributed by atoms with Crippen molar-refractivity contribution in [1.82, 2.24) is 10.2 Å². The highest BCUT2D eigenvalue weighted by Crippen LogP contribution is 2.14. The molecular weight excluding hydrogens is 192 g/mol. The molecule has 0 aromatic carbocycles. The number of hydrogen-bond donors (Lipinski definition) is 1. The molecule has 4 heteroatoms. The quantitative estimate of drug-likeness (QED) is 0.759. The number of nitrogens with zero attached hydrogens (tertiary/aromatic N) is 1. The van der Waals surface area contributed by atoms with Gasteiger partial charge in [-0.2, -0.15) is 0 Å². The summed E-state index contributed by atoms with van der Waals surface area (Å²) in [7, 11) is 0. The Balaban J connectivity index is 2.37. The lowest BCUT2D eigenvalue weighted by atomic mass is 10.2. The number of likely N-dealkylation sites (tertiary alicyclic amines) is 1. The molecule has 1 aliphatic heterocycles. The van der Waals surface area contributed by atoms with E-state index in [0.29, 0.717) is 6.04 Å². The summed E-state index contributed by atoms with van der Waals surface area (Å²) in [5, 5.41) is 3.34. The normalized spacial score (nSPS) is 21.9. The Morgan fingerprint density at radius 1 is 1.53 bits per heavy atom. The zero-order valence-corrected chi connectivity index (χ0v) is 10.2. The molecule has 1 amide bonds. The molecule has 0 spiro atoms. The van der Waals surface area contributed by atoms with E-state index >= 15 is 0 Å². The van der Waals surface area contributed by atoms with E-state index in [1.807, 2.05) is 20.8 Å². The summed E-state index contributed by atoms with van der Waals surface area (Å²) in [6, 6.07) is 0.433. The molecule has 0 radical (unpaired) electrons. The molecule has 1 fully saturated rings. The number of ether oxygens (including phenoxy) is 1. The Bertz CT molecular complexity index is 223. The Hall–Kier alpha value is -0.770. The molecule has 4 nitrogen and oxygen atoms in total. The van der Waals surface area contributed by atoms with Crippen LogP contribution in [0.2, 0.25) is 0 Å². The van der Waals surface area contributed by atoms with Gasteiger partial charge in [0.1, 0.15) is 5.60 Å². The van der Waals surface area contributed by atoms with Gasteiger partial charge in [0.15, 0.2) is 0 Å². The average Bonchev–Trinajstić information content (AvgIpc) is 2.50. The molecule has 0 bridgehead atoms. The highest BCUT2D eigenvalue weighted by Gasteiger charge is 2.28. The van der Waals surface area contributed by atoms with E-state index in [-0.39, 0.29) is 6.09 Å². The molecule has 1 heterocycles. The minimum absolute atomic E-state index is 0.192. The van der Waals surface area contributed by atoms with Crippen LogP contribution in [0.15, 0.2) is 0 Å². The molecule has 1 aliphatic rings. The smallest absolute Gasteiger partial charge is 0.410 e. The van der Waals surface area contributed by atoms with Crippen LogP contribution in [-0.4, -0.2) is 42.3 Å². The van der Waals surface area contributed by atoms with Crippen LogP contribution < -0.4 is 5.32 Å². The van der Waals surface area contributed by atoms with E-state index in [1.165, 1.54) is 0 Å². The van der Waals surface area contributed by atoms with Crippen molar-refractivity contribution in [3.63, 3.8) is 0 Å². The van der Waals surface area contributed by atoms with Crippen molar-refractivity contribution >= 4 is 6.09 Å². The number of amides is 1. The fraction of sp³-hybridized carbons (Fsp3) is 0.909. The predicted octanol–water partition coefficient (Wildman–Crippen LogP) is 1.61. The number of nitrogens with one attached hydrogen (secondary N) is 1. The van der Waals surface area contributed by atoms with Crippen LogP contribution in [0.1, 0.15) is 34.1 Å². The monoisotopic (exact) mass is 214 g/mol. The van der Waals surface area contributed by atoms with Gasteiger partial charge in [-0.3, -0.25) is 0 Å². The molecule has 15 heavy (non-hydrogen) atoms. The molecular formula is C11H22N2O2. The van der Waals surface area contributed by atoms with Gasteiger partial charge in [-0.1, -0.05) is 6.92 Å². The highest BCUT2D eigenvalue weighted by molar-refractivity contribution is 5.68. The second-order valence-corrected chi connectivity index (χ2v) is 4.97. The van der Waals surface area contributed by atoms with Gasteiger partial charge in [0.2, 0.25) is 0 Å². The van der Waals surface area contributed by atoms with Crippen LogP contribution in [-0.2, 0) is 4.74 Å². The topological polar surface area (TPSA) is 41.6 Å². The van der Waals surface area contributed by atoms with E-state index in [0.717, 1.165) is 26.1 Å². The summed E-state index contributed by atoms with van der Waals surface area (Å²) in [6.45, 7) is 10.3. The van der Waals surface area contributed by atoms with Crippen molar-refractivity contribution in [2.45, 2.75) is 45.8 Å². The van der Waals surface area contributed by atoms with Crippen molar-refractivity contribution in [3.05, 3.63) is 0 Å². The minimum atomic E-state index is -0.395. The molecule has 1 rings (SSSR count). The maximum atomic E-state index is 11.7. The Morgan fingerprint density at radius 2 is 2.20 bits per heavy atom. The zero-order chi connectivity index (χ0) is 11.5. The van der Waals surface area contributed by atoms with Crippen molar-refractivity contribution in [2.75, 3.05) is 19.6 Å². The van der Waals surface area contributed by atoms with Crippen molar-refractivity contribution in [1.29, 1.82) is 0 Å². The molecule has 1 N–H and O–H groups in total. The second-order valence-electron chi connectivity index (χ2n) is 4.97. The molecule has 0 aliphatic carbocycles. The van der Waals surface area contributed by atoms with Gasteiger partial charge in [-0.05, 0) is 33.7 Å². The number of rotatable bonds is 2. The SMILES string of the molecule is CCN[C@H]1CCN(C(=O)OC(C)(C)C)C1. The van der Waals surface area contributed by atoms with Crippen molar-refractivity contribution in [2.24, 2.45) is 0 Å². The van der Waals surface area contributed by atoms with Crippen LogP contribution in [0.3, 0.4) is 0 Å². The van der Waals surface area contributed by atoms with Crippen LogP contribution in [0.5, 0.6) is 0 Å². The summed E-state index contributed by atoms with van der Waals surface area (Å²) < 4.78 is 5.31. The van der Waals surface area contributed by atoms with Crippen LogP contribution in [0.25, 0.3) is 0 Å². The third-order valence-corrected chi connectivity index (χ3v) is 2.33. The highest BCUT2D eigenvalue weighted by atomic mass is 16.6. The van der Waals surface area contributed by atoms with Gasteiger partial charge in [-0.15, -0.1) is 0 Å². The first-order chi connectivity index (χ1) is 6.92. The van der Waals surface area contributed by atoms with Gasteiger partial charge in [0, 0.05) is 19.1 Å². The Kier molecular flexibility index (Phi) is 3.97. The first-order valence-electron chi connectivity index (χ1n) is 5.63. The Labute approximate surface area is 92.0 Å². The number of likely N-dealkylation sites (N-methyl/N-ethyl adjacent to an activating group) is 1. The number of carbonyl (C=O) groups excluding carboxylic acids is 1. The van der Waals surface area contributed by atoms with Crippen LogP contribution >= 0.6 is 0 Å². The van der Waals surface area contributed by atoms with E-state index in [1.54, 1.807) is 4.90 Å². The van der Waals surface area contributed by atoms with E-state index < -0.39 is 5.60 Å². The zero-order valence-electron chi connectivity index (χ0n) is 10.2. The third kappa shape index (κ3) is 4.08. The summed E-state index contributed by atoms with van der Waals surface area (Å²) >= 11 is 0. The lowest BCUT2D eigenvalue weighted by Crippen LogP contribution is -2.38. The lowest BCUT2D eigenvalue weighted by molar-refractivity contribution is 0.0291. The van der Waals surface area contributed by atoms with Gasteiger partial charge in [-0.25, -0.2) is 4.79 Å². The maximum absolute atomic E-state index is 11.7. The largest absolute Gasteiger partial charge is 0.444 e. The third-order valence-electron chi connectivity index (χ3n) is 2.33. The molecule has 0 aromatic heterocycles. The standard InChI is InChI=1S/C11H22N2O2/c1-5-12-9-6-7-13(8-9)10(14)15-11(2,3)4/h9,12H,5-8H2,1-4H3/t9-/m0/s1. The molecule has 0 aromatic rings. The van der Waals surface area contributed by atoms with Crippen molar-refractivity contribution in [3.8, 4) is 0 Å². The summed E-state index contributed by atoms with van der Waals surface area (Å²) in [5.41, 5.74) is -0.395. The Morgan fingerprint density at radius 3 is 2.73 bits per heavy atom. The number of hydrogen-bond acceptors (Lipinski definition) is 3. The summed E-state index contributed by atoms with van der Waals surface area (Å²) in [5.74, 6) is 0. The maximum Gasteiger partial charge on any atom is 0.410 e. The van der Waals surface area contributed by atoms with E-state index in [9.17, 15) is 4.79 Å². The van der Waals surface area contributed by atoms with Crippen LogP contribution in [0.4, 0.5) is 4.79 Å². The first-order valence-corrected chi connectivity index (χ1v) is 5.63. The van der Waals surface area contributed by atoms with Gasteiger partial charge >= 0.3 is 6.09 Å². The lowest BCUT2D eigenvalue weighted by Gasteiger charge is -2.24.